The fourth-order valence-electron chi connectivity index (χ4n) is 2.34. The lowest BCUT2D eigenvalue weighted by Gasteiger charge is -2.34. The van der Waals surface area contributed by atoms with E-state index in [1.54, 1.807) is 0 Å². The Morgan fingerprint density at radius 1 is 0.600 bits per heavy atom. The Morgan fingerprint density at radius 2 is 1.10 bits per heavy atom. The maximum Gasteiger partial charge on any atom is 0.0727 e. The number of ether oxygens (including phenoxy) is 4. The summed E-state index contributed by atoms with van der Waals surface area (Å²) in [6.45, 7) is 13.4. The van der Waals surface area contributed by atoms with Crippen LogP contribution in [0, 0.1) is 0 Å². The lowest BCUT2D eigenvalue weighted by molar-refractivity contribution is -0.0867. The van der Waals surface area contributed by atoms with Crippen LogP contribution in [0.3, 0.4) is 0 Å². The predicted octanol–water partition coefficient (Wildman–Crippen LogP) is 3.43. The second kappa shape index (κ2) is 13.8. The van der Waals surface area contributed by atoms with E-state index in [1.807, 2.05) is 20.8 Å². The SMILES string of the molecule is CCOCCCC(CCOCC)(CCOCC)OCC. The Morgan fingerprint density at radius 3 is 1.55 bits per heavy atom. The molecule has 0 radical (unpaired) electrons. The topological polar surface area (TPSA) is 36.9 Å². The molecule has 4 heteroatoms. The van der Waals surface area contributed by atoms with E-state index in [4.69, 9.17) is 18.9 Å². The van der Waals surface area contributed by atoms with Gasteiger partial charge >= 0.3 is 0 Å². The van der Waals surface area contributed by atoms with Crippen molar-refractivity contribution in [2.45, 2.75) is 59.0 Å². The highest BCUT2D eigenvalue weighted by Crippen LogP contribution is 2.27. The monoisotopic (exact) mass is 290 g/mol. The highest BCUT2D eigenvalue weighted by molar-refractivity contribution is 4.81. The molecule has 0 heterocycles. The van der Waals surface area contributed by atoms with Crippen molar-refractivity contribution in [3.05, 3.63) is 0 Å². The van der Waals surface area contributed by atoms with Crippen LogP contribution in [0.5, 0.6) is 0 Å². The van der Waals surface area contributed by atoms with Crippen molar-refractivity contribution in [2.75, 3.05) is 46.2 Å². The van der Waals surface area contributed by atoms with Crippen LogP contribution in [0.15, 0.2) is 0 Å². The molecule has 122 valence electrons. The van der Waals surface area contributed by atoms with Gasteiger partial charge in [0.05, 0.1) is 5.60 Å². The highest BCUT2D eigenvalue weighted by atomic mass is 16.5. The van der Waals surface area contributed by atoms with Crippen LogP contribution in [0.4, 0.5) is 0 Å². The second-order valence-electron chi connectivity index (χ2n) is 4.81. The summed E-state index contributed by atoms with van der Waals surface area (Å²) in [6, 6.07) is 0. The van der Waals surface area contributed by atoms with E-state index in [0.717, 1.165) is 71.9 Å². The molecular weight excluding hydrogens is 256 g/mol. The summed E-state index contributed by atoms with van der Waals surface area (Å²) in [5, 5.41) is 0. The first-order chi connectivity index (χ1) is 9.74. The predicted molar refractivity (Wildman–Crippen MR) is 82.3 cm³/mol. The minimum Gasteiger partial charge on any atom is -0.382 e. The van der Waals surface area contributed by atoms with Gasteiger partial charge in [0.15, 0.2) is 0 Å². The molecular formula is C16H34O4. The summed E-state index contributed by atoms with van der Waals surface area (Å²) < 4.78 is 22.6. The molecule has 0 saturated heterocycles. The lowest BCUT2D eigenvalue weighted by atomic mass is 9.90. The second-order valence-corrected chi connectivity index (χ2v) is 4.81. The van der Waals surface area contributed by atoms with E-state index in [2.05, 4.69) is 6.92 Å². The van der Waals surface area contributed by atoms with Gasteiger partial charge in [-0.1, -0.05) is 0 Å². The van der Waals surface area contributed by atoms with E-state index < -0.39 is 0 Å². The molecule has 0 aromatic rings. The van der Waals surface area contributed by atoms with E-state index in [1.165, 1.54) is 0 Å². The quantitative estimate of drug-likeness (QED) is 0.433. The third-order valence-corrected chi connectivity index (χ3v) is 3.39. The number of rotatable bonds is 15. The molecule has 0 saturated carbocycles. The summed E-state index contributed by atoms with van der Waals surface area (Å²) in [6.07, 6.45) is 3.87. The zero-order chi connectivity index (χ0) is 15.1. The summed E-state index contributed by atoms with van der Waals surface area (Å²) in [5.74, 6) is 0. The van der Waals surface area contributed by atoms with E-state index in [9.17, 15) is 0 Å². The molecule has 0 aliphatic heterocycles. The molecule has 20 heavy (non-hydrogen) atoms. The van der Waals surface area contributed by atoms with Crippen molar-refractivity contribution >= 4 is 0 Å². The van der Waals surface area contributed by atoms with Crippen LogP contribution >= 0.6 is 0 Å². The Labute approximate surface area is 125 Å². The van der Waals surface area contributed by atoms with Crippen LogP contribution in [-0.2, 0) is 18.9 Å². The summed E-state index contributed by atoms with van der Waals surface area (Å²) in [4.78, 5) is 0. The standard InChI is InChI=1S/C16H34O4/c1-5-17-13-9-10-16(20-8-4,11-14-18-6-2)12-15-19-7-3/h5-15H2,1-4H3. The molecule has 0 atom stereocenters. The van der Waals surface area contributed by atoms with Gasteiger partial charge < -0.3 is 18.9 Å². The Balaban J connectivity index is 4.37. The molecule has 0 bridgehead atoms. The Bertz CT molecular complexity index is 187. The maximum absolute atomic E-state index is 6.09. The third-order valence-electron chi connectivity index (χ3n) is 3.39. The largest absolute Gasteiger partial charge is 0.382 e. The molecule has 0 amide bonds. The van der Waals surface area contributed by atoms with Crippen molar-refractivity contribution < 1.29 is 18.9 Å². The Hall–Kier alpha value is -0.160. The minimum atomic E-state index is -0.129. The normalized spacial score (nSPS) is 12.0. The zero-order valence-electron chi connectivity index (χ0n) is 13.9. The van der Waals surface area contributed by atoms with Crippen LogP contribution in [0.1, 0.15) is 53.4 Å². The van der Waals surface area contributed by atoms with Gasteiger partial charge in [-0.25, -0.2) is 0 Å². The van der Waals surface area contributed by atoms with Crippen LogP contribution in [-0.4, -0.2) is 51.8 Å². The smallest absolute Gasteiger partial charge is 0.0727 e. The fraction of sp³-hybridized carbons (Fsp3) is 1.00. The summed E-state index contributed by atoms with van der Waals surface area (Å²) >= 11 is 0. The molecule has 0 aliphatic carbocycles. The first-order valence-electron chi connectivity index (χ1n) is 8.11. The van der Waals surface area contributed by atoms with Crippen LogP contribution in [0.25, 0.3) is 0 Å². The molecule has 0 spiro atoms. The highest BCUT2D eigenvalue weighted by Gasteiger charge is 2.29. The third kappa shape index (κ3) is 9.70. The summed E-state index contributed by atoms with van der Waals surface area (Å²) in [7, 11) is 0. The van der Waals surface area contributed by atoms with Crippen molar-refractivity contribution in [1.82, 2.24) is 0 Å². The van der Waals surface area contributed by atoms with E-state index >= 15 is 0 Å². The first-order valence-corrected chi connectivity index (χ1v) is 8.11. The van der Waals surface area contributed by atoms with Gasteiger partial charge in [0.1, 0.15) is 0 Å². The average Bonchev–Trinajstić information content (AvgIpc) is 2.44. The van der Waals surface area contributed by atoms with Gasteiger partial charge in [-0.05, 0) is 53.4 Å². The molecule has 0 fully saturated rings. The number of hydrogen-bond donors (Lipinski definition) is 0. The zero-order valence-corrected chi connectivity index (χ0v) is 13.9. The van der Waals surface area contributed by atoms with Crippen LogP contribution < -0.4 is 0 Å². The van der Waals surface area contributed by atoms with Gasteiger partial charge in [0.2, 0.25) is 0 Å². The molecule has 4 nitrogen and oxygen atoms in total. The van der Waals surface area contributed by atoms with Gasteiger partial charge in [-0.2, -0.15) is 0 Å². The van der Waals surface area contributed by atoms with Crippen molar-refractivity contribution in [3.8, 4) is 0 Å². The molecule has 0 N–H and O–H groups in total. The van der Waals surface area contributed by atoms with Crippen molar-refractivity contribution in [2.24, 2.45) is 0 Å². The molecule has 0 aliphatic rings. The van der Waals surface area contributed by atoms with Gasteiger partial charge in [-0.15, -0.1) is 0 Å². The summed E-state index contributed by atoms with van der Waals surface area (Å²) in [5.41, 5.74) is -0.129. The minimum absolute atomic E-state index is 0.129. The average molecular weight is 290 g/mol. The number of hydrogen-bond acceptors (Lipinski definition) is 4. The molecule has 0 rings (SSSR count). The van der Waals surface area contributed by atoms with Crippen molar-refractivity contribution in [3.63, 3.8) is 0 Å². The molecule has 0 aromatic carbocycles. The first kappa shape index (κ1) is 19.8. The lowest BCUT2D eigenvalue weighted by Crippen LogP contribution is -2.36. The fourth-order valence-corrected chi connectivity index (χ4v) is 2.34. The van der Waals surface area contributed by atoms with Crippen LogP contribution in [0.2, 0.25) is 0 Å². The Kier molecular flexibility index (Phi) is 13.7. The van der Waals surface area contributed by atoms with Gasteiger partial charge in [-0.3, -0.25) is 0 Å². The van der Waals surface area contributed by atoms with Gasteiger partial charge in [0.25, 0.3) is 0 Å². The van der Waals surface area contributed by atoms with Gasteiger partial charge in [0, 0.05) is 46.2 Å². The van der Waals surface area contributed by atoms with Crippen molar-refractivity contribution in [1.29, 1.82) is 0 Å². The molecule has 0 unspecified atom stereocenters. The van der Waals surface area contributed by atoms with E-state index in [-0.39, 0.29) is 5.60 Å². The maximum atomic E-state index is 6.09. The molecule has 0 aromatic heterocycles. The van der Waals surface area contributed by atoms with E-state index in [0.29, 0.717) is 0 Å².